The van der Waals surface area contributed by atoms with Gasteiger partial charge in [-0.25, -0.2) is 4.90 Å². The number of amides is 3. The number of carbonyl (C=O) groups excluding carboxylic acids is 3. The minimum absolute atomic E-state index is 0.270. The maximum absolute atomic E-state index is 13.6. The number of anilines is 1. The molecule has 2 aromatic carbocycles. The van der Waals surface area contributed by atoms with Gasteiger partial charge in [-0.15, -0.1) is 0 Å². The molecular formula is C23H21N3O3. The Kier molecular flexibility index (Phi) is 3.68. The zero-order chi connectivity index (χ0) is 20.4. The van der Waals surface area contributed by atoms with Crippen LogP contribution in [0.3, 0.4) is 0 Å². The Morgan fingerprint density at radius 2 is 1.62 bits per heavy atom. The van der Waals surface area contributed by atoms with E-state index in [0.29, 0.717) is 5.69 Å². The van der Waals surface area contributed by atoms with Crippen LogP contribution >= 0.6 is 0 Å². The summed E-state index contributed by atoms with van der Waals surface area (Å²) in [5, 5.41) is 0. The molecule has 6 heteroatoms. The fourth-order valence-corrected chi connectivity index (χ4v) is 5.22. The highest BCUT2D eigenvalue weighted by Gasteiger charge is 2.64. The summed E-state index contributed by atoms with van der Waals surface area (Å²) in [5.74, 6) is -2.65. The lowest BCUT2D eigenvalue weighted by Gasteiger charge is -2.34. The van der Waals surface area contributed by atoms with Crippen molar-refractivity contribution in [1.82, 2.24) is 4.90 Å². The molecule has 6 nitrogen and oxygen atoms in total. The van der Waals surface area contributed by atoms with Gasteiger partial charge in [0.1, 0.15) is 6.04 Å². The molecule has 3 aliphatic heterocycles. The molecule has 5 rings (SSSR count). The Bertz CT molecular complexity index is 1090. The van der Waals surface area contributed by atoms with Crippen LogP contribution in [0, 0.1) is 25.7 Å². The van der Waals surface area contributed by atoms with Gasteiger partial charge in [-0.05, 0) is 54.3 Å². The van der Waals surface area contributed by atoms with E-state index in [1.54, 1.807) is 11.1 Å². The van der Waals surface area contributed by atoms with E-state index in [1.165, 1.54) is 4.90 Å². The molecule has 0 radical (unpaired) electrons. The Balaban J connectivity index is 1.66. The number of hydrogen-bond acceptors (Lipinski definition) is 4. The van der Waals surface area contributed by atoms with Crippen LogP contribution in [0.4, 0.5) is 5.69 Å². The normalized spacial score (nSPS) is 27.1. The largest absolute Gasteiger partial charge is 0.368 e. The number of imide groups is 1. The molecule has 4 atom stereocenters. The monoisotopic (exact) mass is 387 g/mol. The van der Waals surface area contributed by atoms with Gasteiger partial charge in [0.25, 0.3) is 0 Å². The molecule has 29 heavy (non-hydrogen) atoms. The lowest BCUT2D eigenvalue weighted by atomic mass is 9.84. The van der Waals surface area contributed by atoms with Crippen LogP contribution < -0.4 is 10.6 Å². The SMILES string of the molecule is Cc1cc(C)cc(N2C(=O)[C@@H]3[C@@H](C2=O)[C@H]2c4ccccc4C=CN2[C@@H]3C(N)=O)c1. The molecular weight excluding hydrogens is 366 g/mol. The molecule has 3 heterocycles. The molecule has 146 valence electrons. The zero-order valence-electron chi connectivity index (χ0n) is 16.2. The van der Waals surface area contributed by atoms with Gasteiger partial charge in [0, 0.05) is 6.20 Å². The highest BCUT2D eigenvalue weighted by atomic mass is 16.2. The van der Waals surface area contributed by atoms with Gasteiger partial charge < -0.3 is 10.6 Å². The van der Waals surface area contributed by atoms with Crippen LogP contribution in [0.25, 0.3) is 6.08 Å². The number of primary amides is 1. The smallest absolute Gasteiger partial charge is 0.240 e. The van der Waals surface area contributed by atoms with Crippen molar-refractivity contribution in [2.75, 3.05) is 4.90 Å². The number of carbonyl (C=O) groups is 3. The second kappa shape index (κ2) is 6.04. The fraction of sp³-hybridized carbons (Fsp3) is 0.261. The van der Waals surface area contributed by atoms with Crippen LogP contribution in [0.5, 0.6) is 0 Å². The van der Waals surface area contributed by atoms with Crippen molar-refractivity contribution in [3.05, 3.63) is 70.9 Å². The zero-order valence-corrected chi connectivity index (χ0v) is 16.2. The summed E-state index contributed by atoms with van der Waals surface area (Å²) in [6.45, 7) is 3.86. The first kappa shape index (κ1) is 17.7. The topological polar surface area (TPSA) is 83.7 Å². The summed E-state index contributed by atoms with van der Waals surface area (Å²) in [4.78, 5) is 42.4. The van der Waals surface area contributed by atoms with Gasteiger partial charge in [0.2, 0.25) is 17.7 Å². The van der Waals surface area contributed by atoms with Gasteiger partial charge in [-0.2, -0.15) is 0 Å². The summed E-state index contributed by atoms with van der Waals surface area (Å²) >= 11 is 0. The van der Waals surface area contributed by atoms with Crippen LogP contribution in [-0.2, 0) is 14.4 Å². The number of benzene rings is 2. The summed E-state index contributed by atoms with van der Waals surface area (Å²) in [6.07, 6.45) is 3.70. The van der Waals surface area contributed by atoms with Crippen LogP contribution in [-0.4, -0.2) is 28.7 Å². The average molecular weight is 387 g/mol. The van der Waals surface area contributed by atoms with E-state index < -0.39 is 23.8 Å². The molecule has 2 N–H and O–H groups in total. The number of hydrogen-bond donors (Lipinski definition) is 1. The highest BCUT2D eigenvalue weighted by Crippen LogP contribution is 2.53. The van der Waals surface area contributed by atoms with E-state index in [0.717, 1.165) is 22.3 Å². The van der Waals surface area contributed by atoms with Gasteiger partial charge in [-0.3, -0.25) is 14.4 Å². The Morgan fingerprint density at radius 3 is 2.31 bits per heavy atom. The molecule has 3 amide bonds. The van der Waals surface area contributed by atoms with Crippen molar-refractivity contribution in [1.29, 1.82) is 0 Å². The first-order chi connectivity index (χ1) is 13.9. The van der Waals surface area contributed by atoms with E-state index in [-0.39, 0.29) is 17.9 Å². The van der Waals surface area contributed by atoms with E-state index in [2.05, 4.69) is 0 Å². The van der Waals surface area contributed by atoms with Crippen molar-refractivity contribution < 1.29 is 14.4 Å². The van der Waals surface area contributed by atoms with Gasteiger partial charge in [-0.1, -0.05) is 30.3 Å². The maximum Gasteiger partial charge on any atom is 0.240 e. The highest BCUT2D eigenvalue weighted by molar-refractivity contribution is 6.24. The summed E-state index contributed by atoms with van der Waals surface area (Å²) < 4.78 is 0. The molecule has 0 unspecified atom stereocenters. The van der Waals surface area contributed by atoms with Crippen molar-refractivity contribution in [3.63, 3.8) is 0 Å². The van der Waals surface area contributed by atoms with Crippen molar-refractivity contribution in [2.45, 2.75) is 25.9 Å². The molecule has 2 aromatic rings. The van der Waals surface area contributed by atoms with Crippen LogP contribution in [0.1, 0.15) is 28.3 Å². The van der Waals surface area contributed by atoms with Crippen molar-refractivity contribution in [3.8, 4) is 0 Å². The predicted octanol–water partition coefficient (Wildman–Crippen LogP) is 2.30. The van der Waals surface area contributed by atoms with E-state index in [1.807, 2.05) is 62.4 Å². The Hall–Kier alpha value is -3.41. The minimum atomic E-state index is -0.845. The third kappa shape index (κ3) is 2.38. The maximum atomic E-state index is 13.6. The molecule has 0 saturated carbocycles. The first-order valence-electron chi connectivity index (χ1n) is 9.68. The summed E-state index contributed by atoms with van der Waals surface area (Å²) in [5.41, 5.74) is 10.1. The lowest BCUT2D eigenvalue weighted by Crippen LogP contribution is -2.46. The van der Waals surface area contributed by atoms with Crippen molar-refractivity contribution >= 4 is 29.5 Å². The predicted molar refractivity (Wildman–Crippen MR) is 108 cm³/mol. The number of nitrogens with zero attached hydrogens (tertiary/aromatic N) is 2. The average Bonchev–Trinajstić information content (AvgIpc) is 3.14. The van der Waals surface area contributed by atoms with Crippen LogP contribution in [0.15, 0.2) is 48.7 Å². The van der Waals surface area contributed by atoms with E-state index in [9.17, 15) is 14.4 Å². The summed E-state index contributed by atoms with van der Waals surface area (Å²) in [7, 11) is 0. The molecule has 0 spiro atoms. The van der Waals surface area contributed by atoms with Crippen LogP contribution in [0.2, 0.25) is 0 Å². The van der Waals surface area contributed by atoms with Gasteiger partial charge in [0.05, 0.1) is 23.6 Å². The first-order valence-corrected chi connectivity index (χ1v) is 9.68. The van der Waals surface area contributed by atoms with E-state index in [4.69, 9.17) is 5.73 Å². The minimum Gasteiger partial charge on any atom is -0.368 e. The molecule has 0 aliphatic carbocycles. The second-order valence-corrected chi connectivity index (χ2v) is 8.09. The van der Waals surface area contributed by atoms with Gasteiger partial charge in [0.15, 0.2) is 0 Å². The number of rotatable bonds is 2. The summed E-state index contributed by atoms with van der Waals surface area (Å²) in [6, 6.07) is 12.2. The standard InChI is InChI=1S/C23H21N3O3/c1-12-9-13(2)11-15(10-12)26-22(28)17-18(23(26)29)20(21(24)27)25-8-7-14-5-3-4-6-16(14)19(17)25/h3-11,17-20H,1-2H3,(H2,24,27)/t17-,18-,19-,20+/m1/s1. The number of aryl methyl sites for hydroxylation is 2. The number of nitrogens with two attached hydrogens (primary N) is 1. The fourth-order valence-electron chi connectivity index (χ4n) is 5.22. The third-order valence-electron chi connectivity index (χ3n) is 6.22. The molecule has 2 saturated heterocycles. The lowest BCUT2D eigenvalue weighted by molar-refractivity contribution is -0.129. The van der Waals surface area contributed by atoms with Crippen molar-refractivity contribution in [2.24, 2.45) is 17.6 Å². The third-order valence-corrected chi connectivity index (χ3v) is 6.22. The van der Waals surface area contributed by atoms with E-state index >= 15 is 0 Å². The molecule has 0 bridgehead atoms. The second-order valence-electron chi connectivity index (χ2n) is 8.09. The Labute approximate surface area is 168 Å². The quantitative estimate of drug-likeness (QED) is 0.802. The van der Waals surface area contributed by atoms with Gasteiger partial charge >= 0.3 is 0 Å². The number of fused-ring (bicyclic) bond motifs is 5. The molecule has 3 aliphatic rings. The Morgan fingerprint density at radius 1 is 0.966 bits per heavy atom. The molecule has 2 fully saturated rings. The molecule has 0 aromatic heterocycles.